The van der Waals surface area contributed by atoms with E-state index in [-0.39, 0.29) is 0 Å². The number of nitrogens with zero attached hydrogens (tertiary/aromatic N) is 1. The molecule has 0 aliphatic carbocycles. The lowest BCUT2D eigenvalue weighted by molar-refractivity contribution is 1.36. The molecular formula is C21H14N2. The van der Waals surface area contributed by atoms with Crippen molar-refractivity contribution in [2.24, 2.45) is 0 Å². The predicted molar refractivity (Wildman–Crippen MR) is 96.5 cm³/mol. The van der Waals surface area contributed by atoms with Gasteiger partial charge in [-0.1, -0.05) is 48.5 Å². The largest absolute Gasteiger partial charge is 0.355 e. The van der Waals surface area contributed by atoms with Crippen molar-refractivity contribution >= 4 is 32.6 Å². The highest BCUT2D eigenvalue weighted by Crippen LogP contribution is 2.32. The number of hydrogen-bond acceptors (Lipinski definition) is 1. The fourth-order valence-electron chi connectivity index (χ4n) is 3.36. The Kier molecular flexibility index (Phi) is 2.53. The van der Waals surface area contributed by atoms with Crippen LogP contribution in [0.5, 0.6) is 0 Å². The molecule has 23 heavy (non-hydrogen) atoms. The minimum Gasteiger partial charge on any atom is -0.355 e. The molecule has 108 valence electrons. The summed E-state index contributed by atoms with van der Waals surface area (Å²) in [5.74, 6) is 0. The van der Waals surface area contributed by atoms with Crippen molar-refractivity contribution < 1.29 is 0 Å². The van der Waals surface area contributed by atoms with Gasteiger partial charge in [-0.25, -0.2) is 0 Å². The fourth-order valence-corrected chi connectivity index (χ4v) is 3.36. The van der Waals surface area contributed by atoms with Crippen molar-refractivity contribution in [3.63, 3.8) is 0 Å². The summed E-state index contributed by atoms with van der Waals surface area (Å²) in [6, 6.07) is 23.4. The van der Waals surface area contributed by atoms with E-state index < -0.39 is 0 Å². The normalized spacial score (nSPS) is 11.5. The van der Waals surface area contributed by atoms with E-state index in [1.807, 2.05) is 12.4 Å². The summed E-state index contributed by atoms with van der Waals surface area (Å²) in [6.45, 7) is 0. The lowest BCUT2D eigenvalue weighted by atomic mass is 9.99. The molecule has 5 rings (SSSR count). The van der Waals surface area contributed by atoms with E-state index >= 15 is 0 Å². The van der Waals surface area contributed by atoms with Crippen LogP contribution in [-0.2, 0) is 0 Å². The Morgan fingerprint density at radius 1 is 0.652 bits per heavy atom. The molecule has 0 aliphatic rings. The van der Waals surface area contributed by atoms with E-state index in [2.05, 4.69) is 76.7 Å². The summed E-state index contributed by atoms with van der Waals surface area (Å²) < 4.78 is 0. The number of aromatic nitrogens is 2. The molecule has 0 amide bonds. The van der Waals surface area contributed by atoms with Crippen LogP contribution >= 0.6 is 0 Å². The van der Waals surface area contributed by atoms with Gasteiger partial charge in [-0.15, -0.1) is 0 Å². The topological polar surface area (TPSA) is 28.7 Å². The van der Waals surface area contributed by atoms with Gasteiger partial charge in [-0.05, 0) is 29.1 Å². The molecule has 0 unspecified atom stereocenters. The van der Waals surface area contributed by atoms with E-state index in [0.717, 1.165) is 0 Å². The predicted octanol–water partition coefficient (Wildman–Crippen LogP) is 5.54. The van der Waals surface area contributed by atoms with Crippen LogP contribution in [0.2, 0.25) is 0 Å². The molecule has 2 aromatic heterocycles. The number of H-pyrrole nitrogens is 1. The molecule has 0 aliphatic heterocycles. The van der Waals surface area contributed by atoms with Crippen molar-refractivity contribution in [1.82, 2.24) is 9.97 Å². The van der Waals surface area contributed by atoms with Crippen molar-refractivity contribution in [2.45, 2.75) is 0 Å². The molecule has 0 saturated carbocycles. The van der Waals surface area contributed by atoms with Gasteiger partial charge in [0.05, 0.1) is 0 Å². The van der Waals surface area contributed by atoms with Gasteiger partial charge in [0.2, 0.25) is 0 Å². The molecule has 0 fully saturated rings. The minimum atomic E-state index is 1.17. The Labute approximate surface area is 133 Å². The maximum Gasteiger partial charge on any atom is 0.0465 e. The Bertz CT molecular complexity index is 1160. The number of para-hydroxylation sites is 1. The molecule has 0 radical (unpaired) electrons. The summed E-state index contributed by atoms with van der Waals surface area (Å²) in [7, 11) is 0. The van der Waals surface area contributed by atoms with Crippen LogP contribution < -0.4 is 0 Å². The zero-order chi connectivity index (χ0) is 15.2. The molecule has 2 heteroatoms. The Balaban J connectivity index is 1.84. The van der Waals surface area contributed by atoms with Crippen molar-refractivity contribution in [3.05, 3.63) is 79.1 Å². The molecular weight excluding hydrogens is 280 g/mol. The fraction of sp³-hybridized carbons (Fsp3) is 0. The van der Waals surface area contributed by atoms with Gasteiger partial charge in [-0.2, -0.15) is 0 Å². The van der Waals surface area contributed by atoms with Crippen LogP contribution in [0.4, 0.5) is 0 Å². The maximum atomic E-state index is 4.41. The van der Waals surface area contributed by atoms with Gasteiger partial charge < -0.3 is 4.98 Å². The average Bonchev–Trinajstić information content (AvgIpc) is 2.99. The Morgan fingerprint density at radius 2 is 1.43 bits per heavy atom. The maximum absolute atomic E-state index is 4.41. The molecule has 2 nitrogen and oxygen atoms in total. The summed E-state index contributed by atoms with van der Waals surface area (Å²) >= 11 is 0. The molecule has 0 bridgehead atoms. The Morgan fingerprint density at radius 3 is 2.39 bits per heavy atom. The quantitative estimate of drug-likeness (QED) is 0.432. The van der Waals surface area contributed by atoms with Gasteiger partial charge in [0.1, 0.15) is 0 Å². The third-order valence-corrected chi connectivity index (χ3v) is 4.49. The van der Waals surface area contributed by atoms with Crippen molar-refractivity contribution in [3.8, 4) is 11.1 Å². The number of nitrogens with one attached hydrogen (secondary N) is 1. The number of pyridine rings is 1. The highest BCUT2D eigenvalue weighted by molar-refractivity contribution is 6.09. The molecule has 1 N–H and O–H groups in total. The van der Waals surface area contributed by atoms with E-state index in [1.54, 1.807) is 0 Å². The standard InChI is InChI=1S/C21H14N2/c1-2-6-16-15(5-1)12-22-13-19(16)14-9-10-21-18(11-14)17-7-3-4-8-20(17)23-21/h1-13,23H. The molecule has 0 spiro atoms. The monoisotopic (exact) mass is 294 g/mol. The third-order valence-electron chi connectivity index (χ3n) is 4.49. The average molecular weight is 294 g/mol. The van der Waals surface area contributed by atoms with E-state index in [9.17, 15) is 0 Å². The highest BCUT2D eigenvalue weighted by atomic mass is 14.7. The number of benzene rings is 3. The minimum absolute atomic E-state index is 1.17. The first kappa shape index (κ1) is 12.4. The van der Waals surface area contributed by atoms with E-state index in [0.29, 0.717) is 0 Å². The van der Waals surface area contributed by atoms with Crippen LogP contribution in [0.25, 0.3) is 43.7 Å². The number of hydrogen-bond donors (Lipinski definition) is 1. The van der Waals surface area contributed by atoms with Crippen molar-refractivity contribution in [1.29, 1.82) is 0 Å². The van der Waals surface area contributed by atoms with E-state index in [4.69, 9.17) is 0 Å². The van der Waals surface area contributed by atoms with Gasteiger partial charge in [0.15, 0.2) is 0 Å². The van der Waals surface area contributed by atoms with Gasteiger partial charge in [0.25, 0.3) is 0 Å². The second-order valence-electron chi connectivity index (χ2n) is 5.84. The van der Waals surface area contributed by atoms with Gasteiger partial charge >= 0.3 is 0 Å². The lowest BCUT2D eigenvalue weighted by Crippen LogP contribution is -1.83. The summed E-state index contributed by atoms with van der Waals surface area (Å²) in [5, 5.41) is 4.93. The first-order chi connectivity index (χ1) is 11.4. The lowest BCUT2D eigenvalue weighted by Gasteiger charge is -2.06. The summed E-state index contributed by atoms with van der Waals surface area (Å²) in [5.41, 5.74) is 4.72. The zero-order valence-electron chi connectivity index (χ0n) is 12.5. The van der Waals surface area contributed by atoms with E-state index in [1.165, 1.54) is 43.7 Å². The Hall–Kier alpha value is -3.13. The zero-order valence-corrected chi connectivity index (χ0v) is 12.5. The number of fused-ring (bicyclic) bond motifs is 4. The van der Waals surface area contributed by atoms with Gasteiger partial charge in [0, 0.05) is 45.1 Å². The molecule has 5 aromatic rings. The molecule has 2 heterocycles. The van der Waals surface area contributed by atoms with Crippen LogP contribution in [0.3, 0.4) is 0 Å². The van der Waals surface area contributed by atoms with Crippen LogP contribution in [0.1, 0.15) is 0 Å². The second-order valence-corrected chi connectivity index (χ2v) is 5.84. The first-order valence-electron chi connectivity index (χ1n) is 7.74. The van der Waals surface area contributed by atoms with Gasteiger partial charge in [-0.3, -0.25) is 4.98 Å². The number of aromatic amines is 1. The molecule has 0 atom stereocenters. The van der Waals surface area contributed by atoms with Crippen LogP contribution in [0, 0.1) is 0 Å². The summed E-state index contributed by atoms with van der Waals surface area (Å²) in [6.07, 6.45) is 3.88. The first-order valence-corrected chi connectivity index (χ1v) is 7.74. The van der Waals surface area contributed by atoms with Crippen LogP contribution in [-0.4, -0.2) is 9.97 Å². The third kappa shape index (κ3) is 1.85. The highest BCUT2D eigenvalue weighted by Gasteiger charge is 2.08. The number of rotatable bonds is 1. The van der Waals surface area contributed by atoms with Crippen molar-refractivity contribution in [2.75, 3.05) is 0 Å². The molecule has 0 saturated heterocycles. The van der Waals surface area contributed by atoms with Crippen LogP contribution in [0.15, 0.2) is 79.1 Å². The molecule has 3 aromatic carbocycles. The summed E-state index contributed by atoms with van der Waals surface area (Å²) in [4.78, 5) is 7.89. The second kappa shape index (κ2) is 4.68. The smallest absolute Gasteiger partial charge is 0.0465 e. The SMILES string of the molecule is c1ccc2c(-c3ccc4[nH]c5ccccc5c4c3)cncc2c1.